The van der Waals surface area contributed by atoms with Crippen LogP contribution in [0.5, 0.6) is 0 Å². The first-order chi connectivity index (χ1) is 11.0. The molecule has 0 bridgehead atoms. The summed E-state index contributed by atoms with van der Waals surface area (Å²) in [6.07, 6.45) is 3.00. The van der Waals surface area contributed by atoms with Gasteiger partial charge in [0.2, 0.25) is 0 Å². The van der Waals surface area contributed by atoms with Crippen molar-refractivity contribution in [2.24, 2.45) is 0 Å². The quantitative estimate of drug-likeness (QED) is 0.441. The maximum Gasteiger partial charge on any atom is 0.444 e. The van der Waals surface area contributed by atoms with Crippen molar-refractivity contribution in [1.29, 1.82) is 0 Å². The highest BCUT2D eigenvalue weighted by Crippen LogP contribution is 2.05. The smallest absolute Gasteiger partial charge is 0.377 e. The number of hydrogen-bond donors (Lipinski definition) is 2. The second-order valence-electron chi connectivity index (χ2n) is 3.63. The summed E-state index contributed by atoms with van der Waals surface area (Å²) in [6, 6.07) is 3.46. The lowest BCUT2D eigenvalue weighted by molar-refractivity contribution is -0.512. The zero-order valence-electron chi connectivity index (χ0n) is 15.2. The van der Waals surface area contributed by atoms with E-state index in [1.165, 1.54) is 26.5 Å². The summed E-state index contributed by atoms with van der Waals surface area (Å²) < 4.78 is 47.1. The molecule has 0 spiro atoms. The number of aromatic nitrogens is 1. The fourth-order valence-corrected chi connectivity index (χ4v) is 1.62. The fraction of sp³-hybridized carbons (Fsp3) is 0.538. The first kappa shape index (κ1) is 27.9. The largest absolute Gasteiger partial charge is 0.444 e. The predicted octanol–water partition coefficient (Wildman–Crippen LogP) is 0.908. The lowest BCUT2D eigenvalue weighted by Crippen LogP contribution is -2.48. The van der Waals surface area contributed by atoms with Crippen LogP contribution in [0.3, 0.4) is 0 Å². The maximum atomic E-state index is 11.3. The molecule has 0 unspecified atom stereocenters. The van der Waals surface area contributed by atoms with Crippen LogP contribution in [-0.2, 0) is 19.4 Å². The van der Waals surface area contributed by atoms with Gasteiger partial charge in [0.15, 0.2) is 12.4 Å². The van der Waals surface area contributed by atoms with Crippen molar-refractivity contribution in [2.45, 2.75) is 20.8 Å². The maximum absolute atomic E-state index is 11.3. The molecule has 0 aliphatic carbocycles. The Hall–Kier alpha value is -0.940. The Bertz CT molecular complexity index is 618. The molecule has 0 aliphatic rings. The van der Waals surface area contributed by atoms with Crippen LogP contribution in [0.1, 0.15) is 20.8 Å². The van der Waals surface area contributed by atoms with Gasteiger partial charge in [-0.1, -0.05) is 17.8 Å². The van der Waals surface area contributed by atoms with Gasteiger partial charge in [-0.3, -0.25) is 0 Å². The van der Waals surface area contributed by atoms with Gasteiger partial charge in [-0.15, -0.1) is 8.42 Å². The minimum atomic E-state index is -3.44. The summed E-state index contributed by atoms with van der Waals surface area (Å²) in [5.41, 5.74) is 0.951. The molecule has 24 heavy (non-hydrogen) atoms. The summed E-state index contributed by atoms with van der Waals surface area (Å²) in [4.78, 5) is 1.90. The number of rotatable bonds is 4. The Morgan fingerprint density at radius 1 is 1.00 bits per heavy atom. The molecule has 0 atom stereocenters. The number of halogens is 1. The number of nitrogens with zero attached hydrogens (tertiary/aromatic N) is 2. The Balaban J connectivity index is -0.000000371. The van der Waals surface area contributed by atoms with Crippen molar-refractivity contribution in [3.05, 3.63) is 31.5 Å². The second-order valence-corrected chi connectivity index (χ2v) is 7.91. The van der Waals surface area contributed by atoms with Crippen LogP contribution in [0.25, 0.3) is 0 Å². The third-order valence-corrected chi connectivity index (χ3v) is 4.35. The number of pyridine rings is 1. The molecule has 0 saturated heterocycles. The molecule has 0 fully saturated rings. The molecule has 1 aromatic heterocycles. The van der Waals surface area contributed by atoms with Crippen molar-refractivity contribution in [3.8, 4) is 0 Å². The molecule has 2 N–H and O–H groups in total. The number of anilines is 1. The summed E-state index contributed by atoms with van der Waals surface area (Å²) in [7, 11) is 4.15. The molecule has 1 rings (SSSR count). The van der Waals surface area contributed by atoms with Gasteiger partial charge in [-0.05, 0) is 0 Å². The highest BCUT2D eigenvalue weighted by molar-refractivity contribution is 8.12. The van der Waals surface area contributed by atoms with Gasteiger partial charge in [-0.25, -0.2) is 4.72 Å². The lowest BCUT2D eigenvalue weighted by atomic mass is 10.4. The van der Waals surface area contributed by atoms with E-state index >= 15 is 0 Å². The zero-order valence-corrected chi connectivity index (χ0v) is 17.6. The first-order valence-electron chi connectivity index (χ1n) is 7.00. The SMILES string of the molecule is CC.CNS(=O)(=O)Cl.CNS(=O)(=O)[n+]1ccc(N(C)C)cc1.[CH2-]C. The molecule has 8 nitrogen and oxygen atoms in total. The lowest BCUT2D eigenvalue weighted by Gasteiger charge is -2.09. The third kappa shape index (κ3) is 13.5. The Kier molecular flexibility index (Phi) is 16.7. The molecule has 0 aliphatic heterocycles. The summed E-state index contributed by atoms with van der Waals surface area (Å²) in [6.45, 7) is 9.00. The van der Waals surface area contributed by atoms with Crippen LogP contribution in [-0.4, -0.2) is 45.0 Å². The van der Waals surface area contributed by atoms with Crippen molar-refractivity contribution >= 4 is 35.8 Å². The van der Waals surface area contributed by atoms with E-state index in [9.17, 15) is 16.8 Å². The molecular formula is C13H29ClN4O4S2. The molecule has 0 amide bonds. The number of nitrogens with one attached hydrogen (secondary N) is 2. The normalized spacial score (nSPS) is 10.0. The summed E-state index contributed by atoms with van der Waals surface area (Å²) >= 11 is 0. The minimum absolute atomic E-state index is 0.951. The van der Waals surface area contributed by atoms with Gasteiger partial charge < -0.3 is 11.8 Å². The van der Waals surface area contributed by atoms with Gasteiger partial charge in [0.05, 0.1) is 0 Å². The molecule has 0 saturated carbocycles. The molecule has 1 aromatic rings. The zero-order chi connectivity index (χ0) is 20.0. The van der Waals surface area contributed by atoms with E-state index in [1.807, 2.05) is 37.6 Å². The summed E-state index contributed by atoms with van der Waals surface area (Å²) in [5.74, 6) is 0. The average molecular weight is 405 g/mol. The van der Waals surface area contributed by atoms with Crippen molar-refractivity contribution in [2.75, 3.05) is 33.1 Å². The molecule has 11 heteroatoms. The van der Waals surface area contributed by atoms with Crippen LogP contribution >= 0.6 is 10.7 Å². The molecule has 0 aromatic carbocycles. The minimum Gasteiger partial charge on any atom is -0.377 e. The Morgan fingerprint density at radius 3 is 1.54 bits per heavy atom. The monoisotopic (exact) mass is 404 g/mol. The predicted molar refractivity (Wildman–Crippen MR) is 101 cm³/mol. The second kappa shape index (κ2) is 14.4. The molecule has 144 valence electrons. The van der Waals surface area contributed by atoms with Crippen molar-refractivity contribution < 1.29 is 20.8 Å². The van der Waals surface area contributed by atoms with Crippen LogP contribution in [0, 0.1) is 6.92 Å². The van der Waals surface area contributed by atoms with Crippen LogP contribution in [0.15, 0.2) is 24.5 Å². The third-order valence-electron chi connectivity index (χ3n) is 2.08. The topological polar surface area (TPSA) is 99.5 Å². The van der Waals surface area contributed by atoms with Gasteiger partial charge in [0, 0.05) is 56.7 Å². The van der Waals surface area contributed by atoms with Crippen LogP contribution in [0.2, 0.25) is 0 Å². The van der Waals surface area contributed by atoms with E-state index in [2.05, 4.69) is 22.3 Å². The van der Waals surface area contributed by atoms with Crippen LogP contribution in [0.4, 0.5) is 5.69 Å². The van der Waals surface area contributed by atoms with Crippen molar-refractivity contribution in [1.82, 2.24) is 9.44 Å². The highest BCUT2D eigenvalue weighted by Gasteiger charge is 2.17. The van der Waals surface area contributed by atoms with E-state index in [1.54, 1.807) is 19.1 Å². The van der Waals surface area contributed by atoms with Gasteiger partial charge in [0.25, 0.3) is 9.24 Å². The van der Waals surface area contributed by atoms with E-state index in [0.29, 0.717) is 0 Å². The molecule has 0 radical (unpaired) electrons. The molecular weight excluding hydrogens is 376 g/mol. The average Bonchev–Trinajstić information content (AvgIpc) is 2.58. The summed E-state index contributed by atoms with van der Waals surface area (Å²) in [5, 5.41) is 0. The Morgan fingerprint density at radius 2 is 1.33 bits per heavy atom. The van der Waals surface area contributed by atoms with Gasteiger partial charge >= 0.3 is 10.2 Å². The van der Waals surface area contributed by atoms with E-state index in [-0.39, 0.29) is 0 Å². The van der Waals surface area contributed by atoms with Crippen molar-refractivity contribution in [3.63, 3.8) is 0 Å². The first-order valence-corrected chi connectivity index (χ1v) is 10.7. The Labute approximate surface area is 151 Å². The van der Waals surface area contributed by atoms with E-state index < -0.39 is 19.4 Å². The van der Waals surface area contributed by atoms with Crippen LogP contribution < -0.4 is 18.3 Å². The van der Waals surface area contributed by atoms with E-state index in [4.69, 9.17) is 0 Å². The molecule has 1 heterocycles. The fourth-order valence-electron chi connectivity index (χ4n) is 0.969. The standard InChI is InChI=1S/C8H14N3O2S.C2H6.C2H5.CH4ClNO2S/c1-9-14(12,13)11-6-4-8(5-7-11)10(2)3;2*1-2;1-3-6(2,4)5/h4-7,9H,1-3H3;1-2H3;1H2,2H3;3H,1H3/q+1;;-1;. The van der Waals surface area contributed by atoms with Gasteiger partial charge in [-0.2, -0.15) is 20.1 Å². The van der Waals surface area contributed by atoms with Gasteiger partial charge in [0.1, 0.15) is 0 Å². The van der Waals surface area contributed by atoms with E-state index in [0.717, 1.165) is 9.66 Å². The highest BCUT2D eigenvalue weighted by atomic mass is 35.7. The number of hydrogen-bond acceptors (Lipinski definition) is 5.